The van der Waals surface area contributed by atoms with Gasteiger partial charge in [-0.15, -0.1) is 0 Å². The van der Waals surface area contributed by atoms with Crippen molar-refractivity contribution in [2.45, 2.75) is 0 Å². The summed E-state index contributed by atoms with van der Waals surface area (Å²) < 4.78 is 5.82. The van der Waals surface area contributed by atoms with Gasteiger partial charge in [-0.3, -0.25) is 0 Å². The van der Waals surface area contributed by atoms with Gasteiger partial charge in [-0.2, -0.15) is 0 Å². The molecule has 5 heteroatoms. The van der Waals surface area contributed by atoms with E-state index in [0.717, 1.165) is 50.6 Å². The lowest BCUT2D eigenvalue weighted by Crippen LogP contribution is -1.91. The highest BCUT2D eigenvalue weighted by molar-refractivity contribution is 5.79. The molecule has 5 nitrogen and oxygen atoms in total. The van der Waals surface area contributed by atoms with Crippen molar-refractivity contribution in [2.24, 2.45) is 0 Å². The van der Waals surface area contributed by atoms with Crippen LogP contribution in [0.2, 0.25) is 0 Å². The zero-order valence-corrected chi connectivity index (χ0v) is 15.1. The van der Waals surface area contributed by atoms with Crippen LogP contribution in [0.3, 0.4) is 0 Å². The Morgan fingerprint density at radius 3 is 2.11 bits per heavy atom. The summed E-state index contributed by atoms with van der Waals surface area (Å²) in [4.78, 5) is 16.1. The van der Waals surface area contributed by atoms with E-state index >= 15 is 0 Å². The second-order valence-electron chi connectivity index (χ2n) is 6.64. The molecule has 0 radical (unpaired) electrons. The van der Waals surface area contributed by atoms with Crippen molar-refractivity contribution in [3.63, 3.8) is 0 Å². The van der Waals surface area contributed by atoms with Crippen molar-refractivity contribution in [1.82, 2.24) is 19.9 Å². The van der Waals surface area contributed by atoms with E-state index < -0.39 is 0 Å². The summed E-state index contributed by atoms with van der Waals surface area (Å²) in [5.41, 5.74) is 7.33. The van der Waals surface area contributed by atoms with Gasteiger partial charge in [0.15, 0.2) is 0 Å². The first kappa shape index (κ1) is 16.3. The number of aromatic nitrogens is 4. The lowest BCUT2D eigenvalue weighted by atomic mass is 10.3. The van der Waals surface area contributed by atoms with Crippen LogP contribution in [-0.4, -0.2) is 26.5 Å². The van der Waals surface area contributed by atoms with E-state index in [2.05, 4.69) is 26.5 Å². The molecular weight excluding hydrogens is 348 g/mol. The van der Waals surface area contributed by atoms with Crippen LogP contribution in [0.4, 0.5) is 0 Å². The molecule has 0 fully saturated rings. The molecule has 0 atom stereocenters. The number of fused-ring (bicyclic) bond motifs is 8. The molecule has 3 aromatic heterocycles. The average molecular weight is 366 g/mol. The Morgan fingerprint density at radius 2 is 1.39 bits per heavy atom. The molecule has 2 aliphatic heterocycles. The van der Waals surface area contributed by atoms with Gasteiger partial charge in [-0.25, -0.2) is 9.97 Å². The van der Waals surface area contributed by atoms with E-state index in [-0.39, 0.29) is 0 Å². The smallest absolute Gasteiger partial charge is 0.145 e. The molecule has 0 aromatic carbocycles. The van der Waals surface area contributed by atoms with E-state index in [4.69, 9.17) is 4.74 Å². The maximum Gasteiger partial charge on any atom is 0.145 e. The van der Waals surface area contributed by atoms with Crippen molar-refractivity contribution in [1.29, 1.82) is 0 Å². The third-order valence-corrected chi connectivity index (χ3v) is 4.49. The molecule has 2 N–H and O–H groups in total. The molecule has 8 bridgehead atoms. The number of rotatable bonds is 3. The van der Waals surface area contributed by atoms with Gasteiger partial charge in [0.2, 0.25) is 0 Å². The molecule has 0 saturated heterocycles. The molecule has 0 unspecified atom stereocenters. The highest BCUT2D eigenvalue weighted by atomic mass is 16.5. The first-order valence-corrected chi connectivity index (χ1v) is 9.07. The number of nitrogens with zero attached hydrogens (tertiary/aromatic N) is 2. The van der Waals surface area contributed by atoms with Crippen LogP contribution in [0.15, 0.2) is 55.1 Å². The number of hydrogen-bond acceptors (Lipinski definition) is 3. The predicted octanol–water partition coefficient (Wildman–Crippen LogP) is 5.22. The monoisotopic (exact) mass is 366 g/mol. The maximum atomic E-state index is 5.82. The topological polar surface area (TPSA) is 66.6 Å². The van der Waals surface area contributed by atoms with Gasteiger partial charge in [-0.1, -0.05) is 12.7 Å². The second-order valence-corrected chi connectivity index (χ2v) is 6.64. The highest BCUT2D eigenvalue weighted by Gasteiger charge is 2.05. The number of nitrogens with one attached hydrogen (secondary N) is 2. The summed E-state index contributed by atoms with van der Waals surface area (Å²) in [6.45, 7) is 4.17. The molecule has 3 aromatic rings. The van der Waals surface area contributed by atoms with E-state index in [1.165, 1.54) is 0 Å². The SMILES string of the molecule is C=CCOc1cc2cc3ccc(cc4nc(cc5nc(cc1[nH]2)C=C5)C=C4)[nH]3. The fourth-order valence-corrected chi connectivity index (χ4v) is 3.26. The molecule has 136 valence electrons. The molecule has 5 rings (SSSR count). The van der Waals surface area contributed by atoms with Gasteiger partial charge < -0.3 is 14.7 Å². The fourth-order valence-electron chi connectivity index (χ4n) is 3.26. The zero-order chi connectivity index (χ0) is 18.9. The van der Waals surface area contributed by atoms with Crippen LogP contribution in [0.1, 0.15) is 22.8 Å². The third kappa shape index (κ3) is 3.25. The number of aromatic amines is 2. The standard InChI is InChI=1S/C23H18N4O/c1-2-9-28-23-14-21-12-19-6-5-17(25-19)10-15-3-4-16(24-15)11-18-7-8-20(26-18)13-22(23)27-21/h2-8,10-14,25,27H,1,9H2. The van der Waals surface area contributed by atoms with Crippen LogP contribution >= 0.6 is 0 Å². The molecule has 5 heterocycles. The van der Waals surface area contributed by atoms with Crippen molar-refractivity contribution in [3.05, 3.63) is 77.9 Å². The van der Waals surface area contributed by atoms with E-state index in [1.807, 2.05) is 66.8 Å². The minimum absolute atomic E-state index is 0.442. The summed E-state index contributed by atoms with van der Waals surface area (Å²) >= 11 is 0. The van der Waals surface area contributed by atoms with Crippen LogP contribution < -0.4 is 4.74 Å². The normalized spacial score (nSPS) is 12.3. The molecule has 0 spiro atoms. The maximum absolute atomic E-state index is 5.82. The molecular formula is C23H18N4O. The Morgan fingerprint density at radius 1 is 0.750 bits per heavy atom. The Kier molecular flexibility index (Phi) is 3.91. The van der Waals surface area contributed by atoms with Crippen LogP contribution in [-0.2, 0) is 0 Å². The number of H-pyrrole nitrogens is 2. The third-order valence-electron chi connectivity index (χ3n) is 4.49. The Hall–Kier alpha value is -3.86. The zero-order valence-electron chi connectivity index (χ0n) is 15.1. The Labute approximate surface area is 161 Å². The van der Waals surface area contributed by atoms with Crippen molar-refractivity contribution in [2.75, 3.05) is 6.61 Å². The summed E-state index contributed by atoms with van der Waals surface area (Å²) in [5.74, 6) is 0.768. The lowest BCUT2D eigenvalue weighted by Gasteiger charge is -1.98. The first-order valence-electron chi connectivity index (χ1n) is 9.07. The largest absolute Gasteiger partial charge is 0.487 e. The van der Waals surface area contributed by atoms with Crippen molar-refractivity contribution in [3.8, 4) is 5.75 Å². The van der Waals surface area contributed by atoms with Crippen LogP contribution in [0.5, 0.6) is 5.75 Å². The quantitative estimate of drug-likeness (QED) is 0.430. The first-order chi connectivity index (χ1) is 13.7. The van der Waals surface area contributed by atoms with E-state index in [9.17, 15) is 0 Å². The molecule has 0 aliphatic carbocycles. The highest BCUT2D eigenvalue weighted by Crippen LogP contribution is 2.24. The van der Waals surface area contributed by atoms with Gasteiger partial charge in [0.1, 0.15) is 12.4 Å². The summed E-state index contributed by atoms with van der Waals surface area (Å²) in [5, 5.41) is 0. The van der Waals surface area contributed by atoms with Crippen LogP contribution in [0, 0.1) is 0 Å². The van der Waals surface area contributed by atoms with Gasteiger partial charge in [0, 0.05) is 22.6 Å². The fraction of sp³-hybridized carbons (Fsp3) is 0.0435. The summed E-state index contributed by atoms with van der Waals surface area (Å²) in [6.07, 6.45) is 9.70. The van der Waals surface area contributed by atoms with Gasteiger partial charge in [0.05, 0.1) is 28.3 Å². The van der Waals surface area contributed by atoms with Crippen molar-refractivity contribution >= 4 is 46.4 Å². The van der Waals surface area contributed by atoms with E-state index in [0.29, 0.717) is 6.61 Å². The molecule has 0 saturated carbocycles. The predicted molar refractivity (Wildman–Crippen MR) is 115 cm³/mol. The minimum atomic E-state index is 0.442. The summed E-state index contributed by atoms with van der Waals surface area (Å²) in [7, 11) is 0. The molecule has 2 aliphatic rings. The Bertz CT molecular complexity index is 1290. The summed E-state index contributed by atoms with van der Waals surface area (Å²) in [6, 6.07) is 14.1. The Balaban J connectivity index is 1.80. The van der Waals surface area contributed by atoms with E-state index in [1.54, 1.807) is 6.08 Å². The van der Waals surface area contributed by atoms with Crippen molar-refractivity contribution < 1.29 is 4.74 Å². The van der Waals surface area contributed by atoms with Gasteiger partial charge in [0.25, 0.3) is 0 Å². The number of ether oxygens (including phenoxy) is 1. The molecule has 0 amide bonds. The lowest BCUT2D eigenvalue weighted by molar-refractivity contribution is 0.368. The average Bonchev–Trinajstić information content (AvgIpc) is 3.45. The molecule has 28 heavy (non-hydrogen) atoms. The number of hydrogen-bond donors (Lipinski definition) is 2. The van der Waals surface area contributed by atoms with Gasteiger partial charge >= 0.3 is 0 Å². The van der Waals surface area contributed by atoms with Gasteiger partial charge in [-0.05, 0) is 60.7 Å². The minimum Gasteiger partial charge on any atom is -0.487 e. The second kappa shape index (κ2) is 6.70. The van der Waals surface area contributed by atoms with Crippen LogP contribution in [0.25, 0.3) is 46.4 Å².